The van der Waals surface area contributed by atoms with Gasteiger partial charge in [0.25, 0.3) is 0 Å². The van der Waals surface area contributed by atoms with Crippen LogP contribution in [0, 0.1) is 6.92 Å². The first kappa shape index (κ1) is 16.3. The molecule has 0 amide bonds. The van der Waals surface area contributed by atoms with E-state index in [1.54, 1.807) is 0 Å². The van der Waals surface area contributed by atoms with Crippen molar-refractivity contribution in [2.24, 2.45) is 0 Å². The highest BCUT2D eigenvalue weighted by Gasteiger charge is 2.29. The normalized spacial score (nSPS) is 17.2. The Morgan fingerprint density at radius 3 is 2.92 bits per heavy atom. The number of nitrogens with zero attached hydrogens (tertiary/aromatic N) is 4. The van der Waals surface area contributed by atoms with Crippen molar-refractivity contribution in [3.63, 3.8) is 0 Å². The van der Waals surface area contributed by atoms with Gasteiger partial charge in [0.2, 0.25) is 0 Å². The van der Waals surface area contributed by atoms with E-state index in [2.05, 4.69) is 74.5 Å². The minimum atomic E-state index is -0.182. The van der Waals surface area contributed by atoms with Crippen LogP contribution in [-0.2, 0) is 11.3 Å². The molecule has 3 aromatic rings. The van der Waals surface area contributed by atoms with E-state index in [1.165, 1.54) is 11.1 Å². The maximum Gasteiger partial charge on any atom is 0.177 e. The quantitative estimate of drug-likeness (QED) is 0.667. The van der Waals surface area contributed by atoms with Gasteiger partial charge in [-0.25, -0.2) is 4.68 Å². The van der Waals surface area contributed by atoms with Crippen LogP contribution in [0.25, 0.3) is 0 Å². The molecule has 6 heteroatoms. The van der Waals surface area contributed by atoms with Crippen LogP contribution in [-0.4, -0.2) is 28.1 Å². The Hall–Kier alpha value is -2.18. The molecule has 1 aliphatic rings. The highest BCUT2D eigenvalue weighted by molar-refractivity contribution is 9.10. The van der Waals surface area contributed by atoms with Gasteiger partial charge in [-0.05, 0) is 42.3 Å². The van der Waals surface area contributed by atoms with Crippen molar-refractivity contribution in [1.82, 2.24) is 15.0 Å². The third-order valence-corrected chi connectivity index (χ3v) is 4.76. The molecular formula is C19H19BrN4O. The van der Waals surface area contributed by atoms with E-state index in [0.717, 1.165) is 22.4 Å². The van der Waals surface area contributed by atoms with Crippen LogP contribution in [0.4, 0.5) is 5.69 Å². The molecule has 0 N–H and O–H groups in total. The van der Waals surface area contributed by atoms with Gasteiger partial charge in [0.15, 0.2) is 6.23 Å². The van der Waals surface area contributed by atoms with Gasteiger partial charge in [-0.2, -0.15) is 0 Å². The van der Waals surface area contributed by atoms with Crippen LogP contribution in [0.5, 0.6) is 0 Å². The number of benzene rings is 2. The standard InChI is InChI=1S/C19H19BrN4O/c1-14-4-2-7-17(10-14)24-8-9-25-19(24)18-13-23(22-21-18)12-15-5-3-6-16(20)11-15/h2-7,10-11,13,19H,8-9,12H2,1H3/t19-/m0/s1. The maximum absolute atomic E-state index is 5.93. The van der Waals surface area contributed by atoms with Gasteiger partial charge >= 0.3 is 0 Å². The molecular weight excluding hydrogens is 380 g/mol. The second-order valence-corrected chi connectivity index (χ2v) is 7.14. The van der Waals surface area contributed by atoms with Gasteiger partial charge in [-0.3, -0.25) is 0 Å². The van der Waals surface area contributed by atoms with Crippen molar-refractivity contribution >= 4 is 21.6 Å². The SMILES string of the molecule is Cc1cccc(N2CCO[C@H]2c2cn(Cc3cccc(Br)c3)nn2)c1. The number of anilines is 1. The first-order chi connectivity index (χ1) is 12.2. The fourth-order valence-electron chi connectivity index (χ4n) is 3.11. The number of ether oxygens (including phenoxy) is 1. The summed E-state index contributed by atoms with van der Waals surface area (Å²) >= 11 is 3.50. The van der Waals surface area contributed by atoms with E-state index in [1.807, 2.05) is 23.0 Å². The number of aryl methyl sites for hydroxylation is 1. The van der Waals surface area contributed by atoms with Crippen molar-refractivity contribution in [3.8, 4) is 0 Å². The lowest BCUT2D eigenvalue weighted by molar-refractivity contribution is 0.110. The van der Waals surface area contributed by atoms with Crippen molar-refractivity contribution in [3.05, 3.63) is 76.0 Å². The maximum atomic E-state index is 5.93. The minimum Gasteiger partial charge on any atom is -0.350 e. The smallest absolute Gasteiger partial charge is 0.177 e. The number of halogens is 1. The summed E-state index contributed by atoms with van der Waals surface area (Å²) in [6, 6.07) is 16.7. The Morgan fingerprint density at radius 2 is 2.08 bits per heavy atom. The lowest BCUT2D eigenvalue weighted by atomic mass is 10.2. The van der Waals surface area contributed by atoms with Crippen LogP contribution in [0.3, 0.4) is 0 Å². The third-order valence-electron chi connectivity index (χ3n) is 4.27. The summed E-state index contributed by atoms with van der Waals surface area (Å²) in [4.78, 5) is 2.24. The van der Waals surface area contributed by atoms with Crippen molar-refractivity contribution < 1.29 is 4.74 Å². The van der Waals surface area contributed by atoms with Crippen LogP contribution < -0.4 is 4.90 Å². The largest absolute Gasteiger partial charge is 0.350 e. The Morgan fingerprint density at radius 1 is 1.20 bits per heavy atom. The molecule has 128 valence electrons. The highest BCUT2D eigenvalue weighted by Crippen LogP contribution is 2.31. The lowest BCUT2D eigenvalue weighted by Gasteiger charge is -2.23. The first-order valence-electron chi connectivity index (χ1n) is 8.28. The molecule has 2 heterocycles. The van der Waals surface area contributed by atoms with E-state index in [9.17, 15) is 0 Å². The van der Waals surface area contributed by atoms with Crippen LogP contribution in [0.15, 0.2) is 59.2 Å². The molecule has 1 saturated heterocycles. The number of hydrogen-bond donors (Lipinski definition) is 0. The Balaban J connectivity index is 1.54. The average molecular weight is 399 g/mol. The van der Waals surface area contributed by atoms with E-state index >= 15 is 0 Å². The molecule has 1 atom stereocenters. The third kappa shape index (κ3) is 3.60. The lowest BCUT2D eigenvalue weighted by Crippen LogP contribution is -2.23. The molecule has 0 aliphatic carbocycles. The highest BCUT2D eigenvalue weighted by atomic mass is 79.9. The van der Waals surface area contributed by atoms with Crippen molar-refractivity contribution in [2.75, 3.05) is 18.1 Å². The van der Waals surface area contributed by atoms with Gasteiger partial charge in [0.1, 0.15) is 5.69 Å². The second kappa shape index (κ2) is 6.98. The molecule has 4 rings (SSSR count). The van der Waals surface area contributed by atoms with E-state index < -0.39 is 0 Å². The van der Waals surface area contributed by atoms with E-state index in [0.29, 0.717) is 13.2 Å². The summed E-state index contributed by atoms with van der Waals surface area (Å²) in [5.41, 5.74) is 4.41. The minimum absolute atomic E-state index is 0.182. The fraction of sp³-hybridized carbons (Fsp3) is 0.263. The van der Waals surface area contributed by atoms with Gasteiger partial charge < -0.3 is 9.64 Å². The van der Waals surface area contributed by atoms with Gasteiger partial charge in [-0.15, -0.1) is 5.10 Å². The van der Waals surface area contributed by atoms with Crippen LogP contribution in [0.1, 0.15) is 23.0 Å². The van der Waals surface area contributed by atoms with Crippen molar-refractivity contribution in [1.29, 1.82) is 0 Å². The Labute approximate surface area is 155 Å². The van der Waals surface area contributed by atoms with Crippen molar-refractivity contribution in [2.45, 2.75) is 19.7 Å². The van der Waals surface area contributed by atoms with E-state index in [4.69, 9.17) is 4.74 Å². The molecule has 1 fully saturated rings. The zero-order valence-corrected chi connectivity index (χ0v) is 15.6. The second-order valence-electron chi connectivity index (χ2n) is 6.23. The molecule has 1 aromatic heterocycles. The molecule has 5 nitrogen and oxygen atoms in total. The molecule has 0 saturated carbocycles. The van der Waals surface area contributed by atoms with Gasteiger partial charge in [0.05, 0.1) is 19.3 Å². The average Bonchev–Trinajstić information content (AvgIpc) is 3.23. The fourth-order valence-corrected chi connectivity index (χ4v) is 3.56. The van der Waals surface area contributed by atoms with Crippen LogP contribution >= 0.6 is 15.9 Å². The Bertz CT molecular complexity index is 879. The summed E-state index contributed by atoms with van der Waals surface area (Å²) in [5, 5.41) is 8.63. The van der Waals surface area contributed by atoms with Crippen LogP contribution in [0.2, 0.25) is 0 Å². The number of rotatable bonds is 4. The van der Waals surface area contributed by atoms with Gasteiger partial charge in [0, 0.05) is 16.7 Å². The summed E-state index contributed by atoms with van der Waals surface area (Å²) in [7, 11) is 0. The molecule has 1 aliphatic heterocycles. The predicted octanol–water partition coefficient (Wildman–Crippen LogP) is 3.93. The summed E-state index contributed by atoms with van der Waals surface area (Å²) in [6.07, 6.45) is 1.79. The monoisotopic (exact) mass is 398 g/mol. The molecule has 0 bridgehead atoms. The van der Waals surface area contributed by atoms with E-state index in [-0.39, 0.29) is 6.23 Å². The predicted molar refractivity (Wildman–Crippen MR) is 100 cm³/mol. The zero-order chi connectivity index (χ0) is 17.2. The summed E-state index contributed by atoms with van der Waals surface area (Å²) < 4.78 is 8.85. The van der Waals surface area contributed by atoms with Gasteiger partial charge in [-0.1, -0.05) is 45.4 Å². The first-order valence-corrected chi connectivity index (χ1v) is 9.08. The zero-order valence-electron chi connectivity index (χ0n) is 14.0. The topological polar surface area (TPSA) is 43.2 Å². The number of aromatic nitrogens is 3. The Kier molecular flexibility index (Phi) is 4.55. The molecule has 2 aromatic carbocycles. The summed E-state index contributed by atoms with van der Waals surface area (Å²) in [6.45, 7) is 4.33. The number of hydrogen-bond acceptors (Lipinski definition) is 4. The molecule has 0 spiro atoms. The molecule has 0 radical (unpaired) electrons. The molecule has 25 heavy (non-hydrogen) atoms. The summed E-state index contributed by atoms with van der Waals surface area (Å²) in [5.74, 6) is 0. The molecule has 0 unspecified atom stereocenters.